The quantitative estimate of drug-likeness (QED) is 0.788. The standard InChI is InChI=1S/C18H19N3O3/c1-10-7-15(21-11(2)20-10)18(3)6-5-12-8-14(17(23)24-4)19-9-13(12)16(18)22/h7-9H,5-6H2,1-4H3. The van der Waals surface area contributed by atoms with Crippen molar-refractivity contribution in [3.8, 4) is 0 Å². The van der Waals surface area contributed by atoms with Gasteiger partial charge in [0, 0.05) is 17.5 Å². The van der Waals surface area contributed by atoms with Gasteiger partial charge in [0.25, 0.3) is 0 Å². The van der Waals surface area contributed by atoms with E-state index in [0.29, 0.717) is 24.2 Å². The molecule has 0 amide bonds. The van der Waals surface area contributed by atoms with Gasteiger partial charge < -0.3 is 4.74 Å². The van der Waals surface area contributed by atoms with Gasteiger partial charge in [-0.3, -0.25) is 4.79 Å². The highest BCUT2D eigenvalue weighted by atomic mass is 16.5. The van der Waals surface area contributed by atoms with Crippen LogP contribution in [0.4, 0.5) is 0 Å². The van der Waals surface area contributed by atoms with E-state index >= 15 is 0 Å². The Hall–Kier alpha value is -2.63. The summed E-state index contributed by atoms with van der Waals surface area (Å²) in [7, 11) is 1.31. The molecule has 1 atom stereocenters. The third-order valence-electron chi connectivity index (χ3n) is 4.56. The molecule has 1 aliphatic rings. The van der Waals surface area contributed by atoms with Gasteiger partial charge >= 0.3 is 5.97 Å². The summed E-state index contributed by atoms with van der Waals surface area (Å²) in [6.45, 7) is 5.63. The minimum atomic E-state index is -0.708. The highest BCUT2D eigenvalue weighted by Gasteiger charge is 2.41. The molecule has 124 valence electrons. The molecule has 0 saturated carbocycles. The Morgan fingerprint density at radius 2 is 2.00 bits per heavy atom. The van der Waals surface area contributed by atoms with Gasteiger partial charge in [-0.2, -0.15) is 0 Å². The van der Waals surface area contributed by atoms with Crippen LogP contribution in [0, 0.1) is 13.8 Å². The van der Waals surface area contributed by atoms with Crippen molar-refractivity contribution in [2.75, 3.05) is 7.11 Å². The second-order valence-corrected chi connectivity index (χ2v) is 6.32. The molecule has 0 aromatic carbocycles. The Morgan fingerprint density at radius 3 is 2.67 bits per heavy atom. The maximum Gasteiger partial charge on any atom is 0.356 e. The van der Waals surface area contributed by atoms with Crippen LogP contribution in [0.3, 0.4) is 0 Å². The first-order valence-electron chi connectivity index (χ1n) is 7.80. The minimum Gasteiger partial charge on any atom is -0.464 e. The number of carbonyl (C=O) groups is 2. The molecular weight excluding hydrogens is 306 g/mol. The molecule has 0 radical (unpaired) electrons. The number of hydrogen-bond donors (Lipinski definition) is 0. The summed E-state index contributed by atoms with van der Waals surface area (Å²) in [4.78, 5) is 37.6. The van der Waals surface area contributed by atoms with E-state index in [1.807, 2.05) is 26.8 Å². The summed E-state index contributed by atoms with van der Waals surface area (Å²) in [5.41, 5.74) is 2.47. The zero-order chi connectivity index (χ0) is 17.5. The van der Waals surface area contributed by atoms with E-state index in [2.05, 4.69) is 19.7 Å². The van der Waals surface area contributed by atoms with Gasteiger partial charge in [0.15, 0.2) is 5.78 Å². The number of fused-ring (bicyclic) bond motifs is 1. The van der Waals surface area contributed by atoms with Crippen molar-refractivity contribution in [3.63, 3.8) is 0 Å². The van der Waals surface area contributed by atoms with E-state index in [0.717, 1.165) is 17.0 Å². The summed E-state index contributed by atoms with van der Waals surface area (Å²) in [6.07, 6.45) is 2.77. The number of aryl methyl sites for hydroxylation is 3. The molecule has 0 N–H and O–H groups in total. The lowest BCUT2D eigenvalue weighted by Crippen LogP contribution is -2.38. The van der Waals surface area contributed by atoms with Crippen LogP contribution in [0.2, 0.25) is 0 Å². The molecular formula is C18H19N3O3. The molecule has 3 rings (SSSR count). The predicted molar refractivity (Wildman–Crippen MR) is 87.1 cm³/mol. The third-order valence-corrected chi connectivity index (χ3v) is 4.56. The summed E-state index contributed by atoms with van der Waals surface area (Å²) < 4.78 is 4.69. The molecule has 2 aromatic heterocycles. The van der Waals surface area contributed by atoms with E-state index in [4.69, 9.17) is 0 Å². The molecule has 2 aromatic rings. The number of nitrogens with zero attached hydrogens (tertiary/aromatic N) is 3. The summed E-state index contributed by atoms with van der Waals surface area (Å²) in [5, 5.41) is 0. The zero-order valence-electron chi connectivity index (χ0n) is 14.2. The van der Waals surface area contributed by atoms with Gasteiger partial charge in [0.2, 0.25) is 0 Å². The van der Waals surface area contributed by atoms with Gasteiger partial charge in [-0.15, -0.1) is 0 Å². The van der Waals surface area contributed by atoms with Crippen LogP contribution in [0.1, 0.15) is 57.0 Å². The zero-order valence-corrected chi connectivity index (χ0v) is 14.2. The highest BCUT2D eigenvalue weighted by Crippen LogP contribution is 2.37. The molecule has 1 unspecified atom stereocenters. The minimum absolute atomic E-state index is 0.0230. The second kappa shape index (κ2) is 5.78. The fourth-order valence-corrected chi connectivity index (χ4v) is 3.16. The molecule has 0 saturated heterocycles. The van der Waals surface area contributed by atoms with Gasteiger partial charge in [0.05, 0.1) is 18.2 Å². The normalized spacial score (nSPS) is 19.8. The van der Waals surface area contributed by atoms with Gasteiger partial charge in [-0.1, -0.05) is 0 Å². The van der Waals surface area contributed by atoms with E-state index in [1.54, 1.807) is 6.07 Å². The predicted octanol–water partition coefficient (Wildman–Crippen LogP) is 2.36. The van der Waals surface area contributed by atoms with E-state index < -0.39 is 11.4 Å². The monoisotopic (exact) mass is 325 g/mol. The molecule has 2 heterocycles. The number of aromatic nitrogens is 3. The van der Waals surface area contributed by atoms with E-state index in [-0.39, 0.29) is 11.5 Å². The first kappa shape index (κ1) is 16.2. The van der Waals surface area contributed by atoms with Crippen molar-refractivity contribution in [1.82, 2.24) is 15.0 Å². The Balaban J connectivity index is 2.04. The average molecular weight is 325 g/mol. The number of ether oxygens (including phenoxy) is 1. The van der Waals surface area contributed by atoms with E-state index in [1.165, 1.54) is 13.3 Å². The van der Waals surface area contributed by atoms with Crippen molar-refractivity contribution < 1.29 is 14.3 Å². The van der Waals surface area contributed by atoms with E-state index in [9.17, 15) is 9.59 Å². The number of esters is 1. The summed E-state index contributed by atoms with van der Waals surface area (Å²) in [5.74, 6) is 0.134. The Kier molecular flexibility index (Phi) is 3.91. The number of rotatable bonds is 2. The fourth-order valence-electron chi connectivity index (χ4n) is 3.16. The van der Waals surface area contributed by atoms with Crippen molar-refractivity contribution >= 4 is 11.8 Å². The van der Waals surface area contributed by atoms with Crippen molar-refractivity contribution in [3.05, 3.63) is 52.4 Å². The van der Waals surface area contributed by atoms with Crippen LogP contribution in [-0.2, 0) is 16.6 Å². The lowest BCUT2D eigenvalue weighted by molar-refractivity contribution is 0.0593. The third kappa shape index (κ3) is 2.58. The Morgan fingerprint density at radius 1 is 1.25 bits per heavy atom. The van der Waals surface area contributed by atoms with Crippen molar-refractivity contribution in [2.24, 2.45) is 0 Å². The molecule has 0 fully saturated rings. The van der Waals surface area contributed by atoms with Crippen LogP contribution >= 0.6 is 0 Å². The van der Waals surface area contributed by atoms with Crippen LogP contribution in [0.5, 0.6) is 0 Å². The average Bonchev–Trinajstić information content (AvgIpc) is 2.56. The number of methoxy groups -OCH3 is 1. The van der Waals surface area contributed by atoms with Crippen LogP contribution < -0.4 is 0 Å². The number of ketones is 1. The summed E-state index contributed by atoms with van der Waals surface area (Å²) >= 11 is 0. The second-order valence-electron chi connectivity index (χ2n) is 6.32. The highest BCUT2D eigenvalue weighted by molar-refractivity contribution is 6.06. The lowest BCUT2D eigenvalue weighted by atomic mass is 9.70. The maximum atomic E-state index is 13.1. The van der Waals surface area contributed by atoms with Gasteiger partial charge in [0.1, 0.15) is 11.5 Å². The smallest absolute Gasteiger partial charge is 0.356 e. The number of carbonyl (C=O) groups excluding carboxylic acids is 2. The SMILES string of the molecule is COC(=O)c1cc2c(cn1)C(=O)C(C)(c1cc(C)nc(C)n1)CC2. The molecule has 0 spiro atoms. The fraction of sp³-hybridized carbons (Fsp3) is 0.389. The number of hydrogen-bond acceptors (Lipinski definition) is 6. The largest absolute Gasteiger partial charge is 0.464 e. The lowest BCUT2D eigenvalue weighted by Gasteiger charge is -2.33. The molecule has 0 bridgehead atoms. The maximum absolute atomic E-state index is 13.1. The van der Waals surface area contributed by atoms with Crippen molar-refractivity contribution in [1.29, 1.82) is 0 Å². The first-order valence-corrected chi connectivity index (χ1v) is 7.80. The van der Waals surface area contributed by atoms with Crippen LogP contribution in [0.15, 0.2) is 18.3 Å². The van der Waals surface area contributed by atoms with Crippen LogP contribution in [0.25, 0.3) is 0 Å². The summed E-state index contributed by atoms with van der Waals surface area (Å²) in [6, 6.07) is 3.52. The molecule has 6 nitrogen and oxygen atoms in total. The Labute approximate surface area is 140 Å². The Bertz CT molecular complexity index is 827. The van der Waals surface area contributed by atoms with Crippen LogP contribution in [-0.4, -0.2) is 33.8 Å². The molecule has 6 heteroatoms. The first-order chi connectivity index (χ1) is 11.3. The molecule has 0 aliphatic heterocycles. The van der Waals surface area contributed by atoms with Gasteiger partial charge in [-0.05, 0) is 51.3 Å². The van der Waals surface area contributed by atoms with Crippen molar-refractivity contribution in [2.45, 2.75) is 39.0 Å². The topological polar surface area (TPSA) is 82.0 Å². The molecule has 1 aliphatic carbocycles. The molecule has 24 heavy (non-hydrogen) atoms. The van der Waals surface area contributed by atoms with Gasteiger partial charge in [-0.25, -0.2) is 19.7 Å². The number of Topliss-reactive ketones (excluding diaryl/α,β-unsaturated/α-hetero) is 1. The number of pyridine rings is 1.